The minimum atomic E-state index is 0.302. The normalized spacial score (nSPS) is 12.6. The molecule has 0 aliphatic heterocycles. The number of nitrogens with zero attached hydrogens (tertiary/aromatic N) is 1. The quantitative estimate of drug-likeness (QED) is 0.857. The van der Waals surface area contributed by atoms with Crippen LogP contribution in [0.5, 0.6) is 0 Å². The van der Waals surface area contributed by atoms with Crippen LogP contribution < -0.4 is 5.32 Å². The Morgan fingerprint density at radius 1 is 1.26 bits per heavy atom. The lowest BCUT2D eigenvalue weighted by atomic mass is 9.99. The van der Waals surface area contributed by atoms with Gasteiger partial charge in [-0.25, -0.2) is 0 Å². The van der Waals surface area contributed by atoms with E-state index in [1.54, 1.807) is 0 Å². The molecule has 102 valence electrons. The number of aromatic nitrogens is 1. The van der Waals surface area contributed by atoms with Gasteiger partial charge in [-0.15, -0.1) is 11.3 Å². The summed E-state index contributed by atoms with van der Waals surface area (Å²) < 4.78 is 0. The average Bonchev–Trinajstić information content (AvgIpc) is 2.86. The van der Waals surface area contributed by atoms with E-state index in [1.165, 1.54) is 20.9 Å². The second-order valence-electron chi connectivity index (χ2n) is 4.76. The van der Waals surface area contributed by atoms with Crippen LogP contribution in [0.4, 0.5) is 0 Å². The maximum Gasteiger partial charge on any atom is 0.0674 e. The van der Waals surface area contributed by atoms with Crippen molar-refractivity contribution in [2.75, 3.05) is 6.54 Å². The third kappa shape index (κ3) is 3.43. The van der Waals surface area contributed by atoms with Crippen molar-refractivity contribution in [3.8, 4) is 0 Å². The van der Waals surface area contributed by atoms with Gasteiger partial charge >= 0.3 is 0 Å². The Balaban J connectivity index is 2.36. The molecule has 19 heavy (non-hydrogen) atoms. The van der Waals surface area contributed by atoms with E-state index in [1.807, 2.05) is 23.7 Å². The van der Waals surface area contributed by atoms with E-state index in [4.69, 9.17) is 0 Å². The van der Waals surface area contributed by atoms with Crippen molar-refractivity contribution in [1.82, 2.24) is 10.3 Å². The van der Waals surface area contributed by atoms with E-state index in [0.717, 1.165) is 19.4 Å². The fourth-order valence-corrected chi connectivity index (χ4v) is 3.25. The summed E-state index contributed by atoms with van der Waals surface area (Å²) in [5, 5.41) is 3.67. The number of hydrogen-bond acceptors (Lipinski definition) is 3. The van der Waals surface area contributed by atoms with Gasteiger partial charge in [-0.2, -0.15) is 0 Å². The molecule has 0 amide bonds. The molecule has 0 radical (unpaired) electrons. The zero-order chi connectivity index (χ0) is 13.7. The number of thiophene rings is 1. The highest BCUT2D eigenvalue weighted by atomic mass is 32.1. The topological polar surface area (TPSA) is 24.9 Å². The van der Waals surface area contributed by atoms with Gasteiger partial charge < -0.3 is 5.32 Å². The molecule has 0 aromatic carbocycles. The number of hydrogen-bond donors (Lipinski definition) is 1. The molecule has 2 nitrogen and oxygen atoms in total. The summed E-state index contributed by atoms with van der Waals surface area (Å²) in [7, 11) is 0. The van der Waals surface area contributed by atoms with Crippen LogP contribution in [0.15, 0.2) is 30.6 Å². The van der Waals surface area contributed by atoms with Crippen molar-refractivity contribution in [3.63, 3.8) is 0 Å². The Kier molecular flexibility index (Phi) is 5.11. The summed E-state index contributed by atoms with van der Waals surface area (Å²) in [6, 6.07) is 6.90. The van der Waals surface area contributed by atoms with Crippen LogP contribution in [0.2, 0.25) is 0 Å². The highest BCUT2D eigenvalue weighted by Crippen LogP contribution is 2.30. The van der Waals surface area contributed by atoms with Gasteiger partial charge in [0.15, 0.2) is 0 Å². The van der Waals surface area contributed by atoms with E-state index in [0.29, 0.717) is 6.04 Å². The largest absolute Gasteiger partial charge is 0.306 e. The van der Waals surface area contributed by atoms with Gasteiger partial charge in [-0.1, -0.05) is 13.8 Å². The summed E-state index contributed by atoms with van der Waals surface area (Å²) in [5.74, 6) is 0. The Labute approximate surface area is 119 Å². The lowest BCUT2D eigenvalue weighted by molar-refractivity contribution is 0.601. The predicted molar refractivity (Wildman–Crippen MR) is 82.8 cm³/mol. The molecule has 2 aromatic heterocycles. The standard InChI is InChI=1S/C16H22N2S/c1-4-9-18-16(15-7-6-12(3)19-15)14-8-10-17-11-13(14)5-2/h6-8,10-11,16,18H,4-5,9H2,1-3H3. The molecule has 2 aromatic rings. The van der Waals surface area contributed by atoms with Crippen LogP contribution in [0.3, 0.4) is 0 Å². The number of pyridine rings is 1. The second kappa shape index (κ2) is 6.83. The van der Waals surface area contributed by atoms with Crippen LogP contribution in [0.1, 0.15) is 47.2 Å². The molecule has 0 saturated carbocycles. The van der Waals surface area contributed by atoms with E-state index >= 15 is 0 Å². The highest BCUT2D eigenvalue weighted by molar-refractivity contribution is 7.12. The Hall–Kier alpha value is -1.19. The van der Waals surface area contributed by atoms with Crippen LogP contribution in [-0.4, -0.2) is 11.5 Å². The van der Waals surface area contributed by atoms with E-state index in [2.05, 4.69) is 49.3 Å². The molecule has 1 atom stereocenters. The zero-order valence-corrected chi connectivity index (χ0v) is 12.8. The first-order valence-corrected chi connectivity index (χ1v) is 7.80. The minimum Gasteiger partial charge on any atom is -0.306 e. The van der Waals surface area contributed by atoms with Gasteiger partial charge in [0.2, 0.25) is 0 Å². The third-order valence-corrected chi connectivity index (χ3v) is 4.34. The number of aryl methyl sites for hydroxylation is 2. The van der Waals surface area contributed by atoms with Crippen LogP contribution >= 0.6 is 11.3 Å². The zero-order valence-electron chi connectivity index (χ0n) is 11.9. The van der Waals surface area contributed by atoms with Gasteiger partial charge in [-0.3, -0.25) is 4.98 Å². The molecular weight excluding hydrogens is 252 g/mol. The average molecular weight is 274 g/mol. The summed E-state index contributed by atoms with van der Waals surface area (Å²) in [6.07, 6.45) is 6.07. The molecule has 1 unspecified atom stereocenters. The monoisotopic (exact) mass is 274 g/mol. The van der Waals surface area contributed by atoms with Crippen LogP contribution in [0, 0.1) is 6.92 Å². The van der Waals surface area contributed by atoms with E-state index in [9.17, 15) is 0 Å². The molecule has 0 spiro atoms. The van der Waals surface area contributed by atoms with Crippen molar-refractivity contribution in [1.29, 1.82) is 0 Å². The minimum absolute atomic E-state index is 0.302. The van der Waals surface area contributed by atoms with Crippen LogP contribution in [-0.2, 0) is 6.42 Å². The Morgan fingerprint density at radius 2 is 2.11 bits per heavy atom. The van der Waals surface area contributed by atoms with Gasteiger partial charge in [0.25, 0.3) is 0 Å². The van der Waals surface area contributed by atoms with Gasteiger partial charge in [0.1, 0.15) is 0 Å². The smallest absolute Gasteiger partial charge is 0.0674 e. The summed E-state index contributed by atoms with van der Waals surface area (Å²) >= 11 is 1.88. The first-order valence-electron chi connectivity index (χ1n) is 6.98. The molecule has 0 aliphatic carbocycles. The molecular formula is C16H22N2S. The molecule has 0 saturated heterocycles. The molecule has 2 heterocycles. The predicted octanol–water partition coefficient (Wildman–Crippen LogP) is 4.10. The molecule has 1 N–H and O–H groups in total. The maximum absolute atomic E-state index is 4.25. The highest BCUT2D eigenvalue weighted by Gasteiger charge is 2.17. The van der Waals surface area contributed by atoms with Gasteiger partial charge in [0, 0.05) is 22.1 Å². The molecule has 0 fully saturated rings. The third-order valence-electron chi connectivity index (χ3n) is 3.28. The van der Waals surface area contributed by atoms with Crippen LogP contribution in [0.25, 0.3) is 0 Å². The van der Waals surface area contributed by atoms with Crippen molar-refractivity contribution < 1.29 is 0 Å². The lowest BCUT2D eigenvalue weighted by Crippen LogP contribution is -2.23. The van der Waals surface area contributed by atoms with Gasteiger partial charge in [0.05, 0.1) is 6.04 Å². The lowest BCUT2D eigenvalue weighted by Gasteiger charge is -2.20. The van der Waals surface area contributed by atoms with E-state index in [-0.39, 0.29) is 0 Å². The number of nitrogens with one attached hydrogen (secondary N) is 1. The summed E-state index contributed by atoms with van der Waals surface area (Å²) in [5.41, 5.74) is 2.70. The fraction of sp³-hybridized carbons (Fsp3) is 0.438. The summed E-state index contributed by atoms with van der Waals surface area (Å²) in [6.45, 7) is 7.60. The summed E-state index contributed by atoms with van der Waals surface area (Å²) in [4.78, 5) is 7.01. The Morgan fingerprint density at radius 3 is 2.74 bits per heavy atom. The molecule has 0 bridgehead atoms. The van der Waals surface area contributed by atoms with Crippen molar-refractivity contribution in [3.05, 3.63) is 51.5 Å². The first kappa shape index (κ1) is 14.2. The van der Waals surface area contributed by atoms with Gasteiger partial charge in [-0.05, 0) is 55.6 Å². The van der Waals surface area contributed by atoms with Crippen molar-refractivity contribution >= 4 is 11.3 Å². The number of rotatable bonds is 6. The SMILES string of the molecule is CCCNC(c1ccc(C)s1)c1ccncc1CC. The fourth-order valence-electron chi connectivity index (χ4n) is 2.28. The maximum atomic E-state index is 4.25. The first-order chi connectivity index (χ1) is 9.26. The van der Waals surface area contributed by atoms with E-state index < -0.39 is 0 Å². The van der Waals surface area contributed by atoms with Crippen molar-refractivity contribution in [2.45, 2.75) is 39.7 Å². The second-order valence-corrected chi connectivity index (χ2v) is 6.08. The Bertz CT molecular complexity index is 519. The molecule has 2 rings (SSSR count). The molecule has 3 heteroatoms. The van der Waals surface area contributed by atoms with Crippen molar-refractivity contribution in [2.24, 2.45) is 0 Å². The molecule has 0 aliphatic rings.